The summed E-state index contributed by atoms with van der Waals surface area (Å²) in [6, 6.07) is 3.80. The maximum atomic E-state index is 13.6. The maximum Gasteiger partial charge on any atom is 0.330 e. The van der Waals surface area contributed by atoms with Crippen molar-refractivity contribution in [3.63, 3.8) is 0 Å². The molecule has 1 aromatic heterocycles. The fourth-order valence-corrected chi connectivity index (χ4v) is 6.12. The van der Waals surface area contributed by atoms with Gasteiger partial charge in [0.25, 0.3) is 0 Å². The molecule has 0 bridgehead atoms. The molecule has 2 N–H and O–H groups in total. The number of benzene rings is 1. The summed E-state index contributed by atoms with van der Waals surface area (Å²) in [5.74, 6) is -2.30. The number of methoxy groups -OCH3 is 1. The number of allylic oxidation sites excluding steroid dienone is 1. The summed E-state index contributed by atoms with van der Waals surface area (Å²) in [6.07, 6.45) is 6.78. The molecule has 0 unspecified atom stereocenters. The van der Waals surface area contributed by atoms with Crippen LogP contribution < -0.4 is 19.5 Å². The van der Waals surface area contributed by atoms with E-state index in [0.717, 1.165) is 24.8 Å². The minimum Gasteiger partial charge on any atom is -0.496 e. The van der Waals surface area contributed by atoms with E-state index in [0.29, 0.717) is 48.5 Å². The number of hydrogen-bond donors (Lipinski definition) is 2. The summed E-state index contributed by atoms with van der Waals surface area (Å²) in [4.78, 5) is 50.2. The largest absolute Gasteiger partial charge is 0.496 e. The van der Waals surface area contributed by atoms with Crippen molar-refractivity contribution < 1.29 is 33.7 Å². The number of amides is 2. The molecule has 0 saturated heterocycles. The third-order valence-corrected chi connectivity index (χ3v) is 8.56. The molecule has 0 spiro atoms. The normalized spacial score (nSPS) is 29.1. The first-order chi connectivity index (χ1) is 19.7. The molecule has 2 amide bonds. The Morgan fingerprint density at radius 1 is 1.20 bits per heavy atom. The number of rotatable bonds is 6. The van der Waals surface area contributed by atoms with Crippen LogP contribution in [0.3, 0.4) is 0 Å². The number of carboxylic acid groups (broad SMARTS) is 1. The van der Waals surface area contributed by atoms with Gasteiger partial charge in [0, 0.05) is 25.1 Å². The number of nitrogens with one attached hydrogen (secondary N) is 1. The molecule has 2 aliphatic carbocycles. The molecule has 5 atom stereocenters. The number of carboxylic acids is 1. The van der Waals surface area contributed by atoms with Crippen LogP contribution in [0.15, 0.2) is 24.3 Å². The summed E-state index contributed by atoms with van der Waals surface area (Å²) in [5, 5.41) is 13.5. The van der Waals surface area contributed by atoms with E-state index < -0.39 is 35.4 Å². The Balaban J connectivity index is 1.46. The molecule has 1 aliphatic heterocycles. The van der Waals surface area contributed by atoms with E-state index in [9.17, 15) is 19.5 Å². The van der Waals surface area contributed by atoms with Crippen LogP contribution in [0.25, 0.3) is 10.9 Å². The number of nitrogens with zero attached hydrogens (tertiary/aromatic N) is 3. The molecule has 3 aliphatic rings. The molecule has 0 radical (unpaired) electrons. The van der Waals surface area contributed by atoms with Crippen molar-refractivity contribution >= 4 is 28.7 Å². The Morgan fingerprint density at radius 2 is 1.98 bits per heavy atom. The summed E-state index contributed by atoms with van der Waals surface area (Å²) in [6.45, 7) is 4.68. The zero-order chi connectivity index (χ0) is 29.3. The molecule has 220 valence electrons. The Hall–Kier alpha value is -3.89. The van der Waals surface area contributed by atoms with Gasteiger partial charge in [-0.3, -0.25) is 9.59 Å². The Labute approximate surface area is 239 Å². The number of aromatic nitrogens is 2. The zero-order valence-electron chi connectivity index (χ0n) is 24.0. The van der Waals surface area contributed by atoms with Crippen LogP contribution in [0.4, 0.5) is 0 Å². The van der Waals surface area contributed by atoms with Crippen LogP contribution in [-0.4, -0.2) is 76.7 Å². The van der Waals surface area contributed by atoms with Gasteiger partial charge in [-0.1, -0.05) is 12.2 Å². The molecule has 2 heterocycles. The number of hydrogen-bond acceptors (Lipinski definition) is 8. The third-order valence-electron chi connectivity index (χ3n) is 8.56. The third kappa shape index (κ3) is 5.54. The number of ether oxygens (including phenoxy) is 3. The zero-order valence-corrected chi connectivity index (χ0v) is 24.0. The predicted molar refractivity (Wildman–Crippen MR) is 150 cm³/mol. The monoisotopic (exact) mass is 566 g/mol. The first-order valence-electron chi connectivity index (χ1n) is 14.3. The van der Waals surface area contributed by atoms with Gasteiger partial charge in [-0.25, -0.2) is 4.79 Å². The fraction of sp³-hybridized carbons (Fsp3) is 0.567. The van der Waals surface area contributed by atoms with Gasteiger partial charge in [0.05, 0.1) is 36.5 Å². The number of carbonyl (C=O) groups is 3. The van der Waals surface area contributed by atoms with Gasteiger partial charge < -0.3 is 29.5 Å². The van der Waals surface area contributed by atoms with Crippen molar-refractivity contribution in [2.24, 2.45) is 17.8 Å². The second kappa shape index (κ2) is 11.5. The highest BCUT2D eigenvalue weighted by molar-refractivity contribution is 5.94. The van der Waals surface area contributed by atoms with E-state index in [2.05, 4.69) is 15.3 Å². The lowest BCUT2D eigenvalue weighted by atomic mass is 9.93. The van der Waals surface area contributed by atoms with Gasteiger partial charge in [0.15, 0.2) is 0 Å². The molecular weight excluding hydrogens is 528 g/mol. The van der Waals surface area contributed by atoms with Crippen molar-refractivity contribution in [1.29, 1.82) is 0 Å². The van der Waals surface area contributed by atoms with E-state index in [-0.39, 0.29) is 24.3 Å². The maximum absolute atomic E-state index is 13.6. The highest BCUT2D eigenvalue weighted by atomic mass is 16.5. The lowest BCUT2D eigenvalue weighted by Gasteiger charge is -2.26. The van der Waals surface area contributed by atoms with Gasteiger partial charge in [-0.15, -0.1) is 0 Å². The first kappa shape index (κ1) is 28.6. The fourth-order valence-electron chi connectivity index (χ4n) is 6.12. The lowest BCUT2D eigenvalue weighted by molar-refractivity contribution is -0.145. The van der Waals surface area contributed by atoms with Crippen molar-refractivity contribution in [3.05, 3.63) is 29.8 Å². The van der Waals surface area contributed by atoms with Crippen molar-refractivity contribution in [2.75, 3.05) is 27.3 Å². The van der Waals surface area contributed by atoms with Crippen LogP contribution in [0.2, 0.25) is 0 Å². The summed E-state index contributed by atoms with van der Waals surface area (Å²) in [7, 11) is 3.35. The molecule has 11 nitrogen and oxygen atoms in total. The van der Waals surface area contributed by atoms with Gasteiger partial charge in [-0.05, 0) is 64.5 Å². The molecular formula is C30H38N4O7. The quantitative estimate of drug-likeness (QED) is 0.504. The van der Waals surface area contributed by atoms with E-state index in [1.165, 1.54) is 0 Å². The highest BCUT2D eigenvalue weighted by Gasteiger charge is 2.61. The van der Waals surface area contributed by atoms with E-state index in [1.807, 2.05) is 38.1 Å². The van der Waals surface area contributed by atoms with Gasteiger partial charge in [0.2, 0.25) is 17.7 Å². The van der Waals surface area contributed by atoms with Crippen molar-refractivity contribution in [3.8, 4) is 17.6 Å². The topological polar surface area (TPSA) is 140 Å². The van der Waals surface area contributed by atoms with E-state index in [4.69, 9.17) is 14.2 Å². The van der Waals surface area contributed by atoms with Crippen LogP contribution in [0.5, 0.6) is 17.6 Å². The molecule has 2 saturated carbocycles. The standard InChI is InChI=1S/C30H38N4O7/c1-5-40-29-31-24-17(2)23(39-4)12-11-20(24)26(32-29)41-19-14-21-22(15-19)27(36)34(3)13-9-7-6-8-10-18-16-30(18,28(37)38)33-25(21)35/h8,10-12,18-19,21-22H,5-7,9,13-16H2,1-4H3,(H,33,35)(H,37,38)/b10-8-/t18-,19-,21-,22-,30-/m1/s1. The molecule has 2 aromatic rings. The average molecular weight is 567 g/mol. The van der Waals surface area contributed by atoms with Crippen molar-refractivity contribution in [1.82, 2.24) is 20.2 Å². The van der Waals surface area contributed by atoms with Crippen LogP contribution in [0, 0.1) is 24.7 Å². The molecule has 5 rings (SSSR count). The second-order valence-corrected chi connectivity index (χ2v) is 11.2. The highest BCUT2D eigenvalue weighted by Crippen LogP contribution is 2.46. The Bertz CT molecular complexity index is 1380. The number of aliphatic carboxylic acids is 1. The lowest BCUT2D eigenvalue weighted by Crippen LogP contribution is -2.49. The summed E-state index contributed by atoms with van der Waals surface area (Å²) < 4.78 is 17.5. The molecule has 41 heavy (non-hydrogen) atoms. The minimum atomic E-state index is -1.33. The van der Waals surface area contributed by atoms with Crippen LogP contribution in [-0.2, 0) is 14.4 Å². The van der Waals surface area contributed by atoms with E-state index >= 15 is 0 Å². The minimum absolute atomic E-state index is 0.135. The first-order valence-corrected chi connectivity index (χ1v) is 14.3. The molecule has 1 aromatic carbocycles. The smallest absolute Gasteiger partial charge is 0.330 e. The van der Waals surface area contributed by atoms with Gasteiger partial charge >= 0.3 is 12.0 Å². The number of fused-ring (bicyclic) bond motifs is 3. The van der Waals surface area contributed by atoms with Gasteiger partial charge in [0.1, 0.15) is 17.4 Å². The average Bonchev–Trinajstić information content (AvgIpc) is 3.48. The van der Waals surface area contributed by atoms with E-state index in [1.54, 1.807) is 19.1 Å². The summed E-state index contributed by atoms with van der Waals surface area (Å²) in [5.41, 5.74) is 0.0993. The second-order valence-electron chi connectivity index (χ2n) is 11.2. The Kier molecular flexibility index (Phi) is 8.06. The summed E-state index contributed by atoms with van der Waals surface area (Å²) >= 11 is 0. The van der Waals surface area contributed by atoms with Crippen molar-refractivity contribution in [2.45, 2.75) is 64.0 Å². The Morgan fingerprint density at radius 3 is 2.71 bits per heavy atom. The van der Waals surface area contributed by atoms with Crippen LogP contribution in [0.1, 0.15) is 51.0 Å². The van der Waals surface area contributed by atoms with Crippen LogP contribution >= 0.6 is 0 Å². The molecule has 2 fully saturated rings. The number of carbonyl (C=O) groups excluding carboxylic acids is 2. The van der Waals surface area contributed by atoms with Gasteiger partial charge in [-0.2, -0.15) is 9.97 Å². The SMILES string of the molecule is CCOc1nc(O[C@@H]2C[C@H]3C(=O)N[C@]4(C(=O)O)C[C@H]4/C=C\CCCCN(C)C(=O)[C@@H]3C2)c2ccc(OC)c(C)c2n1. The number of aryl methyl sites for hydroxylation is 1. The predicted octanol–water partition coefficient (Wildman–Crippen LogP) is 3.28. The molecule has 11 heteroatoms.